The largest absolute Gasteiger partial charge is 0.378 e. The molecule has 0 unspecified atom stereocenters. The first-order valence-electron chi connectivity index (χ1n) is 14.0. The summed E-state index contributed by atoms with van der Waals surface area (Å²) in [5.41, 5.74) is 11.0. The molecule has 3 aromatic carbocycles. The summed E-state index contributed by atoms with van der Waals surface area (Å²) in [5.74, 6) is -0.811. The number of nitrogens with one attached hydrogen (secondary N) is 1. The normalized spacial score (nSPS) is 13.0. The smallest absolute Gasteiger partial charge is 0.255 e. The van der Waals surface area contributed by atoms with Crippen molar-refractivity contribution in [3.05, 3.63) is 114 Å². The van der Waals surface area contributed by atoms with Gasteiger partial charge in [0.25, 0.3) is 11.8 Å². The van der Waals surface area contributed by atoms with Crippen molar-refractivity contribution in [3.8, 4) is 11.1 Å². The molecule has 0 atom stereocenters. The molecule has 2 heterocycles. The van der Waals surface area contributed by atoms with E-state index in [4.69, 9.17) is 10.5 Å². The zero-order chi connectivity index (χ0) is 29.3. The molecular weight excluding hydrogens is 533 g/mol. The molecule has 42 heavy (non-hydrogen) atoms. The number of aromatic nitrogens is 1. The second-order valence-corrected chi connectivity index (χ2v) is 10.1. The van der Waals surface area contributed by atoms with Gasteiger partial charge in [-0.1, -0.05) is 24.3 Å². The van der Waals surface area contributed by atoms with Crippen LogP contribution in [0.3, 0.4) is 0 Å². The van der Waals surface area contributed by atoms with Gasteiger partial charge in [-0.25, -0.2) is 4.39 Å². The monoisotopic (exact) mass is 567 g/mol. The first kappa shape index (κ1) is 28.9. The molecule has 1 aliphatic rings. The number of nitrogens with zero attached hydrogens (tertiary/aromatic N) is 3. The first-order valence-corrected chi connectivity index (χ1v) is 14.0. The van der Waals surface area contributed by atoms with Crippen molar-refractivity contribution < 1.29 is 18.7 Å². The van der Waals surface area contributed by atoms with Crippen LogP contribution in [-0.4, -0.2) is 61.1 Å². The van der Waals surface area contributed by atoms with Crippen molar-refractivity contribution in [3.63, 3.8) is 0 Å². The highest BCUT2D eigenvalue weighted by atomic mass is 19.1. The fraction of sp³-hybridized carbons (Fsp3) is 0.242. The highest BCUT2D eigenvalue weighted by Crippen LogP contribution is 2.33. The Bertz CT molecular complexity index is 1510. The van der Waals surface area contributed by atoms with Crippen LogP contribution in [0.5, 0.6) is 0 Å². The summed E-state index contributed by atoms with van der Waals surface area (Å²) in [7, 11) is 0. The molecule has 0 saturated carbocycles. The van der Waals surface area contributed by atoms with Crippen molar-refractivity contribution in [2.45, 2.75) is 13.0 Å². The number of carbonyl (C=O) groups excluding carboxylic acids is 2. The van der Waals surface area contributed by atoms with E-state index in [0.717, 1.165) is 22.4 Å². The predicted octanol–water partition coefficient (Wildman–Crippen LogP) is 4.97. The molecule has 5 rings (SSSR count). The van der Waals surface area contributed by atoms with Gasteiger partial charge in [0.05, 0.1) is 30.2 Å². The van der Waals surface area contributed by atoms with Crippen LogP contribution in [0.15, 0.2) is 91.3 Å². The number of hydrogen-bond donors (Lipinski definition) is 2. The second kappa shape index (κ2) is 13.8. The van der Waals surface area contributed by atoms with Crippen molar-refractivity contribution >= 4 is 23.2 Å². The van der Waals surface area contributed by atoms with Crippen molar-refractivity contribution in [1.29, 1.82) is 0 Å². The predicted molar refractivity (Wildman–Crippen MR) is 162 cm³/mol. The van der Waals surface area contributed by atoms with E-state index in [0.29, 0.717) is 69.2 Å². The lowest BCUT2D eigenvalue weighted by Crippen LogP contribution is -2.36. The van der Waals surface area contributed by atoms with Gasteiger partial charge in [-0.3, -0.25) is 14.6 Å². The van der Waals surface area contributed by atoms with E-state index in [1.54, 1.807) is 29.4 Å². The highest BCUT2D eigenvalue weighted by Gasteiger charge is 2.19. The van der Waals surface area contributed by atoms with Gasteiger partial charge < -0.3 is 25.6 Å². The minimum Gasteiger partial charge on any atom is -0.378 e. The quantitative estimate of drug-likeness (QED) is 0.281. The summed E-state index contributed by atoms with van der Waals surface area (Å²) < 4.78 is 19.0. The van der Waals surface area contributed by atoms with Crippen molar-refractivity contribution in [2.75, 3.05) is 49.6 Å². The Labute approximate surface area is 244 Å². The number of carbonyl (C=O) groups is 2. The summed E-state index contributed by atoms with van der Waals surface area (Å²) in [5, 5.41) is 3.04. The molecule has 0 radical (unpaired) electrons. The van der Waals surface area contributed by atoms with Crippen molar-refractivity contribution in [1.82, 2.24) is 9.88 Å². The number of halogens is 1. The van der Waals surface area contributed by atoms with Gasteiger partial charge in [-0.15, -0.1) is 0 Å². The average molecular weight is 568 g/mol. The fourth-order valence-corrected chi connectivity index (χ4v) is 4.97. The van der Waals surface area contributed by atoms with Crippen LogP contribution in [0.2, 0.25) is 0 Å². The average Bonchev–Trinajstić information content (AvgIpc) is 3.04. The lowest BCUT2D eigenvalue weighted by Gasteiger charge is -2.31. The minimum atomic E-state index is -0.397. The molecule has 0 aliphatic carbocycles. The highest BCUT2D eigenvalue weighted by molar-refractivity contribution is 6.06. The summed E-state index contributed by atoms with van der Waals surface area (Å²) in [6, 6.07) is 23.0. The van der Waals surface area contributed by atoms with E-state index in [2.05, 4.69) is 21.3 Å². The third-order valence-corrected chi connectivity index (χ3v) is 7.16. The van der Waals surface area contributed by atoms with Crippen LogP contribution < -0.4 is 16.0 Å². The zero-order valence-corrected chi connectivity index (χ0v) is 23.3. The van der Waals surface area contributed by atoms with E-state index >= 15 is 0 Å². The van der Waals surface area contributed by atoms with E-state index in [-0.39, 0.29) is 11.8 Å². The standard InChI is InChI=1S/C33H34FN5O3/c34-29-10-7-25(8-11-29)32(40)37-30-21-27(9-12-31(30)38-16-18-42-19-17-38)26-5-1-4-24(20-26)23-39(15-3-13-35)33(41)28-6-2-14-36-22-28/h1-2,4-12,14,20-22H,3,13,15-19,23,35H2,(H,37,40). The van der Waals surface area contributed by atoms with Crippen LogP contribution in [-0.2, 0) is 11.3 Å². The molecule has 2 amide bonds. The van der Waals surface area contributed by atoms with E-state index in [9.17, 15) is 14.0 Å². The van der Waals surface area contributed by atoms with Crippen molar-refractivity contribution in [2.24, 2.45) is 5.73 Å². The maximum atomic E-state index is 13.4. The fourth-order valence-electron chi connectivity index (χ4n) is 4.97. The molecule has 1 aliphatic heterocycles. The summed E-state index contributed by atoms with van der Waals surface area (Å²) in [6.45, 7) is 4.06. The Morgan fingerprint density at radius 1 is 0.952 bits per heavy atom. The number of hydrogen-bond acceptors (Lipinski definition) is 6. The Hall–Kier alpha value is -4.60. The summed E-state index contributed by atoms with van der Waals surface area (Å²) in [6.07, 6.45) is 3.91. The number of anilines is 2. The first-order chi connectivity index (χ1) is 20.5. The number of morpholine rings is 1. The maximum Gasteiger partial charge on any atom is 0.255 e. The van der Waals surface area contributed by atoms with Crippen LogP contribution in [0, 0.1) is 5.82 Å². The third-order valence-electron chi connectivity index (χ3n) is 7.16. The maximum absolute atomic E-state index is 13.4. The third kappa shape index (κ3) is 7.18. The van der Waals surface area contributed by atoms with E-state index in [1.165, 1.54) is 24.3 Å². The summed E-state index contributed by atoms with van der Waals surface area (Å²) >= 11 is 0. The van der Waals surface area contributed by atoms with Crippen LogP contribution in [0.25, 0.3) is 11.1 Å². The van der Waals surface area contributed by atoms with Crippen LogP contribution in [0.4, 0.5) is 15.8 Å². The molecule has 4 aromatic rings. The molecule has 9 heteroatoms. The van der Waals surface area contributed by atoms with Gasteiger partial charge >= 0.3 is 0 Å². The Balaban J connectivity index is 1.43. The van der Waals surface area contributed by atoms with Gasteiger partial charge in [0.2, 0.25) is 0 Å². The van der Waals surface area contributed by atoms with Crippen LogP contribution >= 0.6 is 0 Å². The van der Waals surface area contributed by atoms with E-state index < -0.39 is 5.82 Å². The number of amides is 2. The molecule has 8 nitrogen and oxygen atoms in total. The van der Waals surface area contributed by atoms with Gasteiger partial charge in [0.15, 0.2) is 0 Å². The van der Waals surface area contributed by atoms with Crippen LogP contribution in [0.1, 0.15) is 32.7 Å². The molecule has 1 aromatic heterocycles. The van der Waals surface area contributed by atoms with Gasteiger partial charge in [0.1, 0.15) is 5.82 Å². The number of nitrogens with two attached hydrogens (primary N) is 1. The Kier molecular flexibility index (Phi) is 9.53. The molecule has 1 saturated heterocycles. The molecule has 216 valence electrons. The van der Waals surface area contributed by atoms with E-state index in [1.807, 2.05) is 36.4 Å². The lowest BCUT2D eigenvalue weighted by atomic mass is 10.0. The SMILES string of the molecule is NCCCN(Cc1cccc(-c2ccc(N3CCOCC3)c(NC(=O)c3ccc(F)cc3)c2)c1)C(=O)c1cccnc1. The van der Waals surface area contributed by atoms with Gasteiger partial charge in [-0.2, -0.15) is 0 Å². The topological polar surface area (TPSA) is 101 Å². The Morgan fingerprint density at radius 2 is 1.74 bits per heavy atom. The molecule has 1 fully saturated rings. The molecule has 3 N–H and O–H groups in total. The van der Waals surface area contributed by atoms with Gasteiger partial charge in [0, 0.05) is 44.1 Å². The number of benzene rings is 3. The Morgan fingerprint density at radius 3 is 2.48 bits per heavy atom. The number of pyridine rings is 1. The lowest BCUT2D eigenvalue weighted by molar-refractivity contribution is 0.0741. The minimum absolute atomic E-state index is 0.0948. The van der Waals surface area contributed by atoms with Gasteiger partial charge in [-0.05, 0) is 84.3 Å². The molecule has 0 spiro atoms. The summed E-state index contributed by atoms with van der Waals surface area (Å²) in [4.78, 5) is 34.4. The molecular formula is C33H34FN5O3. The number of rotatable bonds is 10. The number of ether oxygens (including phenoxy) is 1. The zero-order valence-electron chi connectivity index (χ0n) is 23.3. The molecule has 0 bridgehead atoms. The second-order valence-electron chi connectivity index (χ2n) is 10.1.